The molecule has 0 aliphatic rings. The third-order valence-electron chi connectivity index (χ3n) is 1.60. The molecule has 7 heteroatoms. The Morgan fingerprint density at radius 3 is 2.27 bits per heavy atom. The average molecular weight is 240 g/mol. The zero-order valence-electron chi connectivity index (χ0n) is 9.26. The third kappa shape index (κ3) is 3.92. The summed E-state index contributed by atoms with van der Waals surface area (Å²) in [5, 5.41) is 8.62. The fourth-order valence-electron chi connectivity index (χ4n) is 1.02. The van der Waals surface area contributed by atoms with Crippen LogP contribution in [0.1, 0.15) is 17.3 Å². The Labute approximate surface area is 111 Å². The summed E-state index contributed by atoms with van der Waals surface area (Å²) in [4.78, 5) is 10.1. The van der Waals surface area contributed by atoms with E-state index in [0.29, 0.717) is 5.56 Å². The number of aromatic carboxylic acids is 1. The smallest absolute Gasteiger partial charge is 1.00 e. The van der Waals surface area contributed by atoms with Gasteiger partial charge in [-0.15, -0.1) is 0 Å². The van der Waals surface area contributed by atoms with Crippen LogP contribution < -0.4 is 29.6 Å². The molecule has 0 bridgehead atoms. The van der Waals surface area contributed by atoms with Crippen molar-refractivity contribution in [2.45, 2.75) is 11.8 Å². The molecule has 0 heterocycles. The van der Waals surface area contributed by atoms with Gasteiger partial charge in [-0.2, -0.15) is 8.42 Å². The number of hydrogen-bond acceptors (Lipinski definition) is 3. The minimum Gasteiger partial charge on any atom is -1.00 e. The maximum absolute atomic E-state index is 10.7. The summed E-state index contributed by atoms with van der Waals surface area (Å²) in [5.41, 5.74) is 0.287. The molecular formula is C8H9NaO5S. The quantitative estimate of drug-likeness (QED) is 0.463. The zero-order chi connectivity index (χ0) is 10.9. The van der Waals surface area contributed by atoms with Crippen LogP contribution in [0, 0.1) is 6.92 Å². The van der Waals surface area contributed by atoms with Gasteiger partial charge in [-0.25, -0.2) is 4.79 Å². The van der Waals surface area contributed by atoms with E-state index in [4.69, 9.17) is 9.66 Å². The summed E-state index contributed by atoms with van der Waals surface area (Å²) in [7, 11) is -4.34. The summed E-state index contributed by atoms with van der Waals surface area (Å²) in [6, 6.07) is 3.42. The van der Waals surface area contributed by atoms with Gasteiger partial charge in [-0.05, 0) is 30.7 Å². The largest absolute Gasteiger partial charge is 1.00 e. The van der Waals surface area contributed by atoms with Crippen LogP contribution in [0.25, 0.3) is 0 Å². The molecule has 0 aliphatic heterocycles. The summed E-state index contributed by atoms with van der Waals surface area (Å²) >= 11 is 0. The first-order valence-corrected chi connectivity index (χ1v) is 5.07. The molecule has 1 aromatic carbocycles. The minimum atomic E-state index is -4.34. The fourth-order valence-corrected chi connectivity index (χ4v) is 1.63. The van der Waals surface area contributed by atoms with Gasteiger partial charge in [0.2, 0.25) is 0 Å². The molecule has 1 aromatic rings. The summed E-state index contributed by atoms with van der Waals surface area (Å²) in [6.07, 6.45) is 0. The Morgan fingerprint density at radius 2 is 1.87 bits per heavy atom. The van der Waals surface area contributed by atoms with Gasteiger partial charge in [0.15, 0.2) is 0 Å². The molecular weight excluding hydrogens is 231 g/mol. The van der Waals surface area contributed by atoms with Crippen LogP contribution in [0.3, 0.4) is 0 Å². The van der Waals surface area contributed by atoms with Crippen LogP contribution in [-0.2, 0) is 10.1 Å². The molecule has 0 aromatic heterocycles. The van der Waals surface area contributed by atoms with Crippen LogP contribution in [-0.4, -0.2) is 24.0 Å². The Bertz CT molecular complexity index is 485. The molecule has 0 spiro atoms. The molecule has 0 saturated heterocycles. The number of carboxylic acids is 1. The normalized spacial score (nSPS) is 10.5. The van der Waals surface area contributed by atoms with Crippen LogP contribution in [0.2, 0.25) is 0 Å². The van der Waals surface area contributed by atoms with E-state index in [1.54, 1.807) is 6.92 Å². The van der Waals surface area contributed by atoms with E-state index in [1.807, 2.05) is 0 Å². The SMILES string of the molecule is Cc1cc(C(=O)O)cc(S(=O)(=O)O)c1.[H-].[Na+]. The number of aryl methyl sites for hydroxylation is 1. The van der Waals surface area contributed by atoms with Crippen molar-refractivity contribution < 1.29 is 53.9 Å². The van der Waals surface area contributed by atoms with Crippen molar-refractivity contribution in [3.05, 3.63) is 29.3 Å². The molecule has 5 nitrogen and oxygen atoms in total. The Kier molecular flexibility index (Phi) is 4.95. The third-order valence-corrected chi connectivity index (χ3v) is 2.43. The minimum absolute atomic E-state index is 0. The van der Waals surface area contributed by atoms with Crippen LogP contribution >= 0.6 is 0 Å². The monoisotopic (exact) mass is 240 g/mol. The van der Waals surface area contributed by atoms with Crippen molar-refractivity contribution in [2.24, 2.45) is 0 Å². The van der Waals surface area contributed by atoms with Crippen LogP contribution in [0.4, 0.5) is 0 Å². The van der Waals surface area contributed by atoms with E-state index < -0.39 is 21.0 Å². The summed E-state index contributed by atoms with van der Waals surface area (Å²) in [5.74, 6) is -1.24. The first-order valence-electron chi connectivity index (χ1n) is 3.63. The predicted octanol–water partition coefficient (Wildman–Crippen LogP) is -1.94. The molecule has 0 unspecified atom stereocenters. The molecule has 15 heavy (non-hydrogen) atoms. The van der Waals surface area contributed by atoms with E-state index in [-0.39, 0.29) is 36.5 Å². The maximum atomic E-state index is 10.7. The molecule has 0 amide bonds. The first kappa shape index (κ1) is 14.6. The second-order valence-electron chi connectivity index (χ2n) is 2.81. The van der Waals surface area contributed by atoms with Crippen molar-refractivity contribution in [1.29, 1.82) is 0 Å². The topological polar surface area (TPSA) is 91.7 Å². The molecule has 0 fully saturated rings. The van der Waals surface area contributed by atoms with E-state index in [9.17, 15) is 13.2 Å². The van der Waals surface area contributed by atoms with Gasteiger partial charge in [-0.1, -0.05) is 0 Å². The second kappa shape index (κ2) is 5.09. The maximum Gasteiger partial charge on any atom is 1.00 e. The molecule has 0 radical (unpaired) electrons. The Hall–Kier alpha value is -0.400. The van der Waals surface area contributed by atoms with Gasteiger partial charge in [0, 0.05) is 0 Å². The number of rotatable bonds is 2. The van der Waals surface area contributed by atoms with Gasteiger partial charge >= 0.3 is 35.5 Å². The average Bonchev–Trinajstić information content (AvgIpc) is 2.01. The summed E-state index contributed by atoms with van der Waals surface area (Å²) < 4.78 is 30.1. The van der Waals surface area contributed by atoms with Crippen LogP contribution in [0.15, 0.2) is 23.1 Å². The summed E-state index contributed by atoms with van der Waals surface area (Å²) in [6.45, 7) is 1.54. The first-order chi connectivity index (χ1) is 6.30. The molecule has 0 atom stereocenters. The van der Waals surface area contributed by atoms with Crippen molar-refractivity contribution in [2.75, 3.05) is 0 Å². The van der Waals surface area contributed by atoms with Crippen LogP contribution in [0.5, 0.6) is 0 Å². The number of carboxylic acid groups (broad SMARTS) is 1. The van der Waals surface area contributed by atoms with Gasteiger partial charge in [0.1, 0.15) is 0 Å². The molecule has 0 aliphatic carbocycles. The second-order valence-corrected chi connectivity index (χ2v) is 4.24. The van der Waals surface area contributed by atoms with E-state index in [0.717, 1.165) is 6.07 Å². The molecule has 0 saturated carbocycles. The zero-order valence-corrected chi connectivity index (χ0v) is 11.1. The Balaban J connectivity index is 0. The van der Waals surface area contributed by atoms with E-state index in [2.05, 4.69) is 0 Å². The van der Waals surface area contributed by atoms with Crippen molar-refractivity contribution in [3.8, 4) is 0 Å². The van der Waals surface area contributed by atoms with Crippen molar-refractivity contribution in [1.82, 2.24) is 0 Å². The van der Waals surface area contributed by atoms with E-state index in [1.165, 1.54) is 12.1 Å². The van der Waals surface area contributed by atoms with Gasteiger partial charge < -0.3 is 6.53 Å². The predicted molar refractivity (Wildman–Crippen MR) is 49.1 cm³/mol. The van der Waals surface area contributed by atoms with Gasteiger partial charge in [0.25, 0.3) is 10.1 Å². The molecule has 2 N–H and O–H groups in total. The van der Waals surface area contributed by atoms with Gasteiger partial charge in [-0.3, -0.25) is 4.55 Å². The van der Waals surface area contributed by atoms with Crippen molar-refractivity contribution in [3.63, 3.8) is 0 Å². The van der Waals surface area contributed by atoms with E-state index >= 15 is 0 Å². The molecule has 1 rings (SSSR count). The number of carbonyl (C=O) groups is 1. The molecule has 78 valence electrons. The van der Waals surface area contributed by atoms with Gasteiger partial charge in [0.05, 0.1) is 10.5 Å². The Morgan fingerprint density at radius 1 is 1.33 bits per heavy atom. The number of hydrogen-bond donors (Lipinski definition) is 2. The number of benzene rings is 1. The fraction of sp³-hybridized carbons (Fsp3) is 0.125. The van der Waals surface area contributed by atoms with Crippen molar-refractivity contribution >= 4 is 16.1 Å². The standard InChI is InChI=1S/C8H8O5S.Na.H/c1-5-2-6(8(9)10)4-7(3-5)14(11,12)13;;/h2-4H,1H3,(H,9,10)(H,11,12,13);;/q;+1;-1.